The van der Waals surface area contributed by atoms with Crippen LogP contribution in [0.3, 0.4) is 0 Å². The van der Waals surface area contributed by atoms with Crippen molar-refractivity contribution in [2.75, 3.05) is 11.9 Å². The molecule has 1 aliphatic rings. The van der Waals surface area contributed by atoms with Crippen LogP contribution in [0.1, 0.15) is 32.2 Å². The molecule has 3 nitrogen and oxygen atoms in total. The van der Waals surface area contributed by atoms with Gasteiger partial charge in [0.2, 0.25) is 5.95 Å². The molecule has 0 aliphatic heterocycles. The van der Waals surface area contributed by atoms with E-state index in [0.717, 1.165) is 18.4 Å². The van der Waals surface area contributed by atoms with Crippen LogP contribution in [0.15, 0.2) is 25.0 Å². The molecule has 3 heteroatoms. The zero-order valence-electron chi connectivity index (χ0n) is 9.32. The maximum atomic E-state index is 4.31. The van der Waals surface area contributed by atoms with E-state index < -0.39 is 0 Å². The lowest BCUT2D eigenvalue weighted by Crippen LogP contribution is -2.11. The van der Waals surface area contributed by atoms with Crippen molar-refractivity contribution in [3.05, 3.63) is 25.0 Å². The van der Waals surface area contributed by atoms with E-state index in [-0.39, 0.29) is 0 Å². The second-order valence-corrected chi connectivity index (χ2v) is 4.36. The van der Waals surface area contributed by atoms with E-state index in [4.69, 9.17) is 0 Å². The first-order valence-electron chi connectivity index (χ1n) is 5.69. The van der Waals surface area contributed by atoms with Crippen LogP contribution in [-0.4, -0.2) is 16.1 Å². The van der Waals surface area contributed by atoms with Gasteiger partial charge in [-0.3, -0.25) is 0 Å². The van der Waals surface area contributed by atoms with Crippen molar-refractivity contribution >= 4 is 5.95 Å². The third-order valence-electron chi connectivity index (χ3n) is 2.92. The molecular formula is C12H19N3. The number of nitrogens with one attached hydrogen (secondary N) is 1. The minimum Gasteiger partial charge on any atom is -0.352 e. The molecule has 82 valence electrons. The lowest BCUT2D eigenvalue weighted by atomic mass is 10.1. The fourth-order valence-corrected chi connectivity index (χ4v) is 1.92. The Balaban J connectivity index is 1.98. The van der Waals surface area contributed by atoms with Gasteiger partial charge in [0.1, 0.15) is 0 Å². The number of aromatic nitrogens is 2. The lowest BCUT2D eigenvalue weighted by Gasteiger charge is -2.16. The SMILES string of the molecule is C=CCNc1nccn1C(C)CC1CC1. The quantitative estimate of drug-likeness (QED) is 0.724. The highest BCUT2D eigenvalue weighted by molar-refractivity contribution is 5.27. The number of hydrogen-bond acceptors (Lipinski definition) is 2. The first kappa shape index (κ1) is 10.3. The molecule has 1 atom stereocenters. The summed E-state index contributed by atoms with van der Waals surface area (Å²) in [6.45, 7) is 6.73. The minimum absolute atomic E-state index is 0.548. The van der Waals surface area contributed by atoms with Crippen LogP contribution in [0.5, 0.6) is 0 Å². The van der Waals surface area contributed by atoms with Crippen molar-refractivity contribution in [3.8, 4) is 0 Å². The molecule has 0 amide bonds. The molecule has 1 aromatic heterocycles. The summed E-state index contributed by atoms with van der Waals surface area (Å²) in [7, 11) is 0. The molecule has 15 heavy (non-hydrogen) atoms. The van der Waals surface area contributed by atoms with E-state index in [2.05, 4.69) is 34.6 Å². The highest BCUT2D eigenvalue weighted by Crippen LogP contribution is 2.37. The van der Waals surface area contributed by atoms with Gasteiger partial charge in [0.15, 0.2) is 0 Å². The van der Waals surface area contributed by atoms with E-state index in [1.54, 1.807) is 0 Å². The van der Waals surface area contributed by atoms with Crippen LogP contribution in [0.2, 0.25) is 0 Å². The van der Waals surface area contributed by atoms with E-state index >= 15 is 0 Å². The van der Waals surface area contributed by atoms with Gasteiger partial charge < -0.3 is 9.88 Å². The first-order valence-corrected chi connectivity index (χ1v) is 5.69. The van der Waals surface area contributed by atoms with E-state index in [0.29, 0.717) is 6.04 Å². The molecule has 0 radical (unpaired) electrons. The van der Waals surface area contributed by atoms with Crippen LogP contribution < -0.4 is 5.32 Å². The first-order chi connectivity index (χ1) is 7.31. The molecule has 1 aromatic rings. The highest BCUT2D eigenvalue weighted by Gasteiger charge is 2.24. The molecule has 0 aromatic carbocycles. The molecule has 1 fully saturated rings. The van der Waals surface area contributed by atoms with Crippen LogP contribution in [0, 0.1) is 5.92 Å². The lowest BCUT2D eigenvalue weighted by molar-refractivity contribution is 0.481. The Bertz CT molecular complexity index is 325. The van der Waals surface area contributed by atoms with Crippen LogP contribution in [0.25, 0.3) is 0 Å². The fourth-order valence-electron chi connectivity index (χ4n) is 1.92. The van der Waals surface area contributed by atoms with Gasteiger partial charge in [-0.05, 0) is 19.3 Å². The molecule has 1 saturated carbocycles. The molecule has 1 aliphatic carbocycles. The Labute approximate surface area is 91.2 Å². The summed E-state index contributed by atoms with van der Waals surface area (Å²) in [5.41, 5.74) is 0. The number of imidazole rings is 1. The summed E-state index contributed by atoms with van der Waals surface area (Å²) in [6, 6.07) is 0.548. The van der Waals surface area contributed by atoms with E-state index in [9.17, 15) is 0 Å². The van der Waals surface area contributed by atoms with Gasteiger partial charge in [-0.15, -0.1) is 6.58 Å². The Morgan fingerprint density at radius 2 is 2.53 bits per heavy atom. The molecule has 0 saturated heterocycles. The maximum absolute atomic E-state index is 4.31. The molecule has 1 N–H and O–H groups in total. The zero-order valence-corrected chi connectivity index (χ0v) is 9.32. The predicted molar refractivity (Wildman–Crippen MR) is 63.0 cm³/mol. The van der Waals surface area contributed by atoms with Crippen molar-refractivity contribution in [1.29, 1.82) is 0 Å². The van der Waals surface area contributed by atoms with Gasteiger partial charge in [-0.1, -0.05) is 18.9 Å². The smallest absolute Gasteiger partial charge is 0.203 e. The van der Waals surface area contributed by atoms with Crippen molar-refractivity contribution in [1.82, 2.24) is 9.55 Å². The Morgan fingerprint density at radius 3 is 3.20 bits per heavy atom. The third-order valence-corrected chi connectivity index (χ3v) is 2.92. The van der Waals surface area contributed by atoms with Gasteiger partial charge >= 0.3 is 0 Å². The van der Waals surface area contributed by atoms with Crippen molar-refractivity contribution < 1.29 is 0 Å². The number of nitrogens with zero attached hydrogens (tertiary/aromatic N) is 2. The summed E-state index contributed by atoms with van der Waals surface area (Å²) >= 11 is 0. The Hall–Kier alpha value is -1.25. The average molecular weight is 205 g/mol. The number of anilines is 1. The Kier molecular flexibility index (Phi) is 3.09. The predicted octanol–water partition coefficient (Wildman–Crippen LogP) is 2.84. The topological polar surface area (TPSA) is 29.9 Å². The summed E-state index contributed by atoms with van der Waals surface area (Å²) in [6.07, 6.45) is 9.86. The van der Waals surface area contributed by atoms with Crippen LogP contribution in [-0.2, 0) is 0 Å². The van der Waals surface area contributed by atoms with Crippen molar-refractivity contribution in [2.24, 2.45) is 5.92 Å². The molecule has 1 unspecified atom stereocenters. The van der Waals surface area contributed by atoms with Gasteiger partial charge in [0.25, 0.3) is 0 Å². The van der Waals surface area contributed by atoms with Crippen molar-refractivity contribution in [3.63, 3.8) is 0 Å². The third kappa shape index (κ3) is 2.61. The average Bonchev–Trinajstić information content (AvgIpc) is 2.91. The summed E-state index contributed by atoms with van der Waals surface area (Å²) in [5, 5.41) is 3.25. The molecular weight excluding hydrogens is 186 g/mol. The molecule has 1 heterocycles. The van der Waals surface area contributed by atoms with E-state index in [1.165, 1.54) is 19.3 Å². The second-order valence-electron chi connectivity index (χ2n) is 4.36. The van der Waals surface area contributed by atoms with Crippen LogP contribution >= 0.6 is 0 Å². The minimum atomic E-state index is 0.548. The molecule has 0 spiro atoms. The van der Waals surface area contributed by atoms with Gasteiger partial charge in [0, 0.05) is 25.0 Å². The summed E-state index contributed by atoms with van der Waals surface area (Å²) < 4.78 is 2.22. The largest absolute Gasteiger partial charge is 0.352 e. The van der Waals surface area contributed by atoms with Gasteiger partial charge in [-0.2, -0.15) is 0 Å². The second kappa shape index (κ2) is 4.51. The monoisotopic (exact) mass is 205 g/mol. The molecule has 2 rings (SSSR count). The van der Waals surface area contributed by atoms with Crippen molar-refractivity contribution in [2.45, 2.75) is 32.2 Å². The fraction of sp³-hybridized carbons (Fsp3) is 0.583. The summed E-state index contributed by atoms with van der Waals surface area (Å²) in [4.78, 5) is 4.31. The number of hydrogen-bond donors (Lipinski definition) is 1. The highest BCUT2D eigenvalue weighted by atomic mass is 15.2. The van der Waals surface area contributed by atoms with Gasteiger partial charge in [-0.25, -0.2) is 4.98 Å². The van der Waals surface area contributed by atoms with Gasteiger partial charge in [0.05, 0.1) is 0 Å². The maximum Gasteiger partial charge on any atom is 0.203 e. The summed E-state index contributed by atoms with van der Waals surface area (Å²) in [5.74, 6) is 1.91. The zero-order chi connectivity index (χ0) is 10.7. The standard InChI is InChI=1S/C12H19N3/c1-3-6-13-12-14-7-8-15(12)10(2)9-11-4-5-11/h3,7-8,10-11H,1,4-6,9H2,2H3,(H,13,14). The number of rotatable bonds is 6. The van der Waals surface area contributed by atoms with Crippen LogP contribution in [0.4, 0.5) is 5.95 Å². The van der Waals surface area contributed by atoms with E-state index in [1.807, 2.05) is 12.3 Å². The normalized spacial score (nSPS) is 17.4. The Morgan fingerprint density at radius 1 is 1.73 bits per heavy atom. The molecule has 0 bridgehead atoms.